The van der Waals surface area contributed by atoms with Crippen LogP contribution in [-0.4, -0.2) is 46.8 Å². The predicted octanol–water partition coefficient (Wildman–Crippen LogP) is -2.57. The molecule has 0 atom stereocenters. The summed E-state index contributed by atoms with van der Waals surface area (Å²) in [5, 5.41) is 0. The van der Waals surface area contributed by atoms with E-state index in [2.05, 4.69) is 9.44 Å². The van der Waals surface area contributed by atoms with E-state index in [1.165, 1.54) is 36.4 Å². The van der Waals surface area contributed by atoms with Gasteiger partial charge >= 0.3 is 59.1 Å². The molecular weight excluding hydrogens is 628 g/mol. The van der Waals surface area contributed by atoms with E-state index < -0.39 is 47.8 Å². The van der Waals surface area contributed by atoms with Crippen molar-refractivity contribution in [2.24, 2.45) is 0 Å². The van der Waals surface area contributed by atoms with Crippen LogP contribution in [0.4, 0.5) is 0 Å². The van der Waals surface area contributed by atoms with Crippen LogP contribution in [0.3, 0.4) is 0 Å². The van der Waals surface area contributed by atoms with Crippen LogP contribution in [0, 0.1) is 0 Å². The quantitative estimate of drug-likeness (QED) is 0.188. The zero-order chi connectivity index (χ0) is 27.2. The Morgan fingerprint density at radius 1 is 0.550 bits per heavy atom. The molecule has 0 saturated carbocycles. The maximum atomic E-state index is 11.4. The van der Waals surface area contributed by atoms with E-state index in [4.69, 9.17) is 11.8 Å². The largest absolute Gasteiger partial charge is 1.00 e. The van der Waals surface area contributed by atoms with Gasteiger partial charge in [-0.05, 0) is 24.3 Å². The van der Waals surface area contributed by atoms with E-state index in [1.807, 2.05) is 0 Å². The van der Waals surface area contributed by atoms with Gasteiger partial charge in [0.25, 0.3) is 15.9 Å². The van der Waals surface area contributed by atoms with E-state index >= 15 is 0 Å². The van der Waals surface area contributed by atoms with Crippen LogP contribution >= 0.6 is 11.8 Å². The van der Waals surface area contributed by atoms with Crippen LogP contribution in [0.1, 0.15) is 38.5 Å². The minimum Gasteiger partial charge on any atom is -0.537 e. The second-order valence-corrected chi connectivity index (χ2v) is 12.7. The van der Waals surface area contributed by atoms with Gasteiger partial charge in [0.15, 0.2) is 0 Å². The first kappa shape index (κ1) is 36.2. The Kier molecular flexibility index (Phi) is 12.2. The number of hydrogen-bond acceptors (Lipinski definition) is 9. The molecule has 0 spiro atoms. The summed E-state index contributed by atoms with van der Waals surface area (Å²) >= 11 is 5.32. The second-order valence-electron chi connectivity index (χ2n) is 7.26. The number of carbonyl (C=O) groups excluding carboxylic acids is 3. The van der Waals surface area contributed by atoms with Gasteiger partial charge in [0.2, 0.25) is 0 Å². The number of amides is 3. The number of carbonyl (C=O) groups is 3. The number of fused-ring (bicyclic) bond motifs is 3. The topological polar surface area (TPSA) is 185 Å². The molecule has 0 unspecified atom stereocenters. The third-order valence-corrected chi connectivity index (χ3v) is 9.80. The molecule has 0 N–H and O–H groups in total. The summed E-state index contributed by atoms with van der Waals surface area (Å²) in [6, 6.07) is 17.9. The average molecular weight is 644 g/mol. The molecule has 0 aromatic heterocycles. The molecule has 6 rings (SSSR count). The van der Waals surface area contributed by atoms with Gasteiger partial charge in [-0.25, -0.2) is 16.8 Å². The molecule has 3 aromatic carbocycles. The number of nitrogens with zero attached hydrogens (tertiary/aromatic N) is 3. The molecule has 3 amide bonds. The molecule has 40 heavy (non-hydrogen) atoms. The summed E-state index contributed by atoms with van der Waals surface area (Å²) in [5.41, 5.74) is 0.451. The van der Waals surface area contributed by atoms with Crippen molar-refractivity contribution >= 4 is 59.6 Å². The number of sulfonamides is 3. The molecular formula is C22H16ClN3Na2O9S3. The van der Waals surface area contributed by atoms with Gasteiger partial charge < -0.3 is 19.0 Å². The molecule has 0 saturated heterocycles. The number of benzene rings is 3. The maximum Gasteiger partial charge on any atom is 1.00 e. The van der Waals surface area contributed by atoms with Crippen molar-refractivity contribution < 1.29 is 98.8 Å². The molecule has 0 aliphatic carbocycles. The van der Waals surface area contributed by atoms with Crippen LogP contribution in [-0.2, 0) is 30.1 Å². The summed E-state index contributed by atoms with van der Waals surface area (Å²) in [5.74, 6) is -2.05. The van der Waals surface area contributed by atoms with Crippen molar-refractivity contribution in [3.05, 3.63) is 98.9 Å². The molecule has 3 aliphatic heterocycles. The van der Waals surface area contributed by atoms with Gasteiger partial charge in [-0.2, -0.15) is 8.42 Å². The van der Waals surface area contributed by atoms with Gasteiger partial charge in [-0.3, -0.25) is 4.79 Å². The number of hydrogen-bond donors (Lipinski definition) is 0. The van der Waals surface area contributed by atoms with E-state index in [0.29, 0.717) is 0 Å². The normalized spacial score (nSPS) is 17.2. The van der Waals surface area contributed by atoms with Crippen molar-refractivity contribution in [2.45, 2.75) is 22.1 Å². The minimum absolute atomic E-state index is 0. The first-order valence-corrected chi connectivity index (χ1v) is 14.5. The Bertz CT molecular complexity index is 1730. The first-order valence-electron chi connectivity index (χ1n) is 9.84. The Balaban J connectivity index is 0.000000289. The molecule has 3 aromatic rings. The van der Waals surface area contributed by atoms with Crippen LogP contribution in [0.15, 0.2) is 87.5 Å². The van der Waals surface area contributed by atoms with Crippen molar-refractivity contribution in [1.29, 1.82) is 0 Å². The molecule has 0 radical (unpaired) electrons. The Labute approximate surface area is 280 Å². The molecule has 3 heterocycles. The maximum absolute atomic E-state index is 11.4. The molecule has 0 fully saturated rings. The SMILES string of the molecule is C.O=C1[N-]S(=O)(=O)c2ccccc21.O=C1[N-]S(=O)(=O)c2ccccc21.O=C1c2ccccc2S(=O)(=O)N1Cl.[Na+].[Na+]. The van der Waals surface area contributed by atoms with Gasteiger partial charge in [0.1, 0.15) is 24.9 Å². The summed E-state index contributed by atoms with van der Waals surface area (Å²) < 4.78 is 73.3. The van der Waals surface area contributed by atoms with Crippen LogP contribution in [0.2, 0.25) is 0 Å². The zero-order valence-corrected chi connectivity index (χ0v) is 27.3. The molecule has 3 aliphatic rings. The second kappa shape index (κ2) is 13.5. The third-order valence-electron chi connectivity index (χ3n) is 4.96. The van der Waals surface area contributed by atoms with E-state index in [-0.39, 0.29) is 102 Å². The molecule has 0 bridgehead atoms. The average Bonchev–Trinajstić information content (AvgIpc) is 3.32. The van der Waals surface area contributed by atoms with Crippen molar-refractivity contribution in [3.63, 3.8) is 0 Å². The minimum atomic E-state index is -3.78. The fourth-order valence-electron chi connectivity index (χ4n) is 3.31. The summed E-state index contributed by atoms with van der Waals surface area (Å²) in [6.07, 6.45) is 0. The summed E-state index contributed by atoms with van der Waals surface area (Å²) in [4.78, 5) is 33.1. The Hall–Kier alpha value is -1.79. The Morgan fingerprint density at radius 3 is 1.23 bits per heavy atom. The van der Waals surface area contributed by atoms with E-state index in [9.17, 15) is 39.6 Å². The van der Waals surface area contributed by atoms with Crippen LogP contribution < -0.4 is 59.1 Å². The Morgan fingerprint density at radius 2 is 0.875 bits per heavy atom. The van der Waals surface area contributed by atoms with Crippen LogP contribution in [0.25, 0.3) is 9.44 Å². The predicted molar refractivity (Wildman–Crippen MR) is 135 cm³/mol. The zero-order valence-electron chi connectivity index (χ0n) is 20.0. The van der Waals surface area contributed by atoms with Crippen LogP contribution in [0.5, 0.6) is 0 Å². The fourth-order valence-corrected chi connectivity index (χ4v) is 6.99. The van der Waals surface area contributed by atoms with Gasteiger partial charge in [0, 0.05) is 22.9 Å². The molecule has 200 valence electrons. The standard InChI is InChI=1S/C7H4ClNO3S.2C7H5NO3S.CH4.2Na/c8-9-7(10)5-3-1-2-4-6(5)13(9,11)12;2*9-7-5-3-1-2-4-6(5)12(10,11)8-7;;;/h1-4H;2*1-4H,(H,8,9);1H4;;/q;;;;2*+1/p-2. The summed E-state index contributed by atoms with van der Waals surface area (Å²) in [6.45, 7) is 0. The number of halogens is 1. The van der Waals surface area contributed by atoms with E-state index in [0.717, 1.165) is 0 Å². The molecule has 12 nitrogen and oxygen atoms in total. The summed E-state index contributed by atoms with van der Waals surface area (Å²) in [7, 11) is -11.1. The van der Waals surface area contributed by atoms with Gasteiger partial charge in [-0.1, -0.05) is 56.0 Å². The van der Waals surface area contributed by atoms with Crippen molar-refractivity contribution in [2.75, 3.05) is 0 Å². The van der Waals surface area contributed by atoms with Crippen molar-refractivity contribution in [1.82, 2.24) is 3.82 Å². The van der Waals surface area contributed by atoms with Gasteiger partial charge in [-0.15, -0.1) is 3.82 Å². The molecule has 18 heteroatoms. The monoisotopic (exact) mass is 643 g/mol. The van der Waals surface area contributed by atoms with E-state index in [1.54, 1.807) is 36.4 Å². The van der Waals surface area contributed by atoms with Gasteiger partial charge in [0.05, 0.1) is 27.2 Å². The van der Waals surface area contributed by atoms with Crippen molar-refractivity contribution in [3.8, 4) is 0 Å². The third kappa shape index (κ3) is 6.81. The smallest absolute Gasteiger partial charge is 0.537 e. The number of rotatable bonds is 0. The first-order chi connectivity index (χ1) is 17.3. The fraction of sp³-hybridized carbons (Fsp3) is 0.0455.